The van der Waals surface area contributed by atoms with Gasteiger partial charge in [0.05, 0.1) is 16.7 Å². The normalized spacial score (nSPS) is 23.1. The van der Waals surface area contributed by atoms with Crippen LogP contribution in [0.1, 0.15) is 23.2 Å². The number of hydrogen-bond donors (Lipinski definition) is 0. The highest BCUT2D eigenvalue weighted by Crippen LogP contribution is 2.37. The summed E-state index contributed by atoms with van der Waals surface area (Å²) < 4.78 is 5.49. The Morgan fingerprint density at radius 2 is 2.12 bits per heavy atom. The van der Waals surface area contributed by atoms with Gasteiger partial charge in [0.25, 0.3) is 0 Å². The molecule has 0 aromatic heterocycles. The first-order valence-corrected chi connectivity index (χ1v) is 7.02. The molecular weight excluding hydrogens is 311 g/mol. The summed E-state index contributed by atoms with van der Waals surface area (Å²) in [5.41, 5.74) is 1.17. The Morgan fingerprint density at radius 3 is 2.75 bits per heavy atom. The third-order valence-electron chi connectivity index (χ3n) is 2.87. The molecule has 0 spiro atoms. The SMILES string of the molecule is Clc1ccc(C(Br)C2CCCOC2)cc1Cl. The van der Waals surface area contributed by atoms with Gasteiger partial charge in [-0.25, -0.2) is 0 Å². The molecule has 1 fully saturated rings. The first-order chi connectivity index (χ1) is 7.68. The van der Waals surface area contributed by atoms with E-state index in [-0.39, 0.29) is 0 Å². The maximum absolute atomic E-state index is 6.01. The van der Waals surface area contributed by atoms with Crippen LogP contribution in [0, 0.1) is 5.92 Å². The van der Waals surface area contributed by atoms with Gasteiger partial charge in [0.15, 0.2) is 0 Å². The number of ether oxygens (including phenoxy) is 1. The molecule has 1 saturated heterocycles. The van der Waals surface area contributed by atoms with Crippen molar-refractivity contribution >= 4 is 39.1 Å². The third-order valence-corrected chi connectivity index (χ3v) is 4.89. The van der Waals surface area contributed by atoms with Crippen molar-refractivity contribution in [2.45, 2.75) is 17.7 Å². The molecule has 1 heterocycles. The van der Waals surface area contributed by atoms with E-state index < -0.39 is 0 Å². The van der Waals surface area contributed by atoms with Crippen LogP contribution in [0.4, 0.5) is 0 Å². The first kappa shape index (κ1) is 12.7. The molecule has 0 amide bonds. The zero-order valence-corrected chi connectivity index (χ0v) is 11.9. The standard InChI is InChI=1S/C12H13BrCl2O/c13-12(9-2-1-5-16-7-9)8-3-4-10(14)11(15)6-8/h3-4,6,9,12H,1-2,5,7H2. The molecule has 2 rings (SSSR count). The minimum atomic E-state index is 0.294. The van der Waals surface area contributed by atoms with Crippen LogP contribution < -0.4 is 0 Å². The number of hydrogen-bond acceptors (Lipinski definition) is 1. The molecule has 1 nitrogen and oxygen atoms in total. The van der Waals surface area contributed by atoms with Gasteiger partial charge in [-0.3, -0.25) is 0 Å². The minimum absolute atomic E-state index is 0.294. The second kappa shape index (κ2) is 5.72. The molecule has 0 aliphatic carbocycles. The van der Waals surface area contributed by atoms with Crippen molar-refractivity contribution in [3.05, 3.63) is 33.8 Å². The fourth-order valence-electron chi connectivity index (χ4n) is 1.95. The zero-order valence-electron chi connectivity index (χ0n) is 8.76. The summed E-state index contributed by atoms with van der Waals surface area (Å²) in [7, 11) is 0. The maximum Gasteiger partial charge on any atom is 0.0595 e. The van der Waals surface area contributed by atoms with Crippen LogP contribution in [0.2, 0.25) is 10.0 Å². The van der Waals surface area contributed by atoms with Crippen LogP contribution in [0.25, 0.3) is 0 Å². The number of rotatable bonds is 2. The topological polar surface area (TPSA) is 9.23 Å². The molecule has 0 N–H and O–H groups in total. The molecule has 2 unspecified atom stereocenters. The first-order valence-electron chi connectivity index (χ1n) is 5.35. The van der Waals surface area contributed by atoms with Gasteiger partial charge in [-0.05, 0) is 36.5 Å². The fourth-order valence-corrected chi connectivity index (χ4v) is 2.96. The summed E-state index contributed by atoms with van der Waals surface area (Å²) in [5, 5.41) is 1.21. The van der Waals surface area contributed by atoms with E-state index in [2.05, 4.69) is 15.9 Å². The van der Waals surface area contributed by atoms with E-state index in [0.29, 0.717) is 20.8 Å². The van der Waals surface area contributed by atoms with Crippen molar-refractivity contribution < 1.29 is 4.74 Å². The summed E-state index contributed by atoms with van der Waals surface area (Å²) >= 11 is 15.6. The van der Waals surface area contributed by atoms with Crippen molar-refractivity contribution in [3.8, 4) is 0 Å². The molecule has 0 radical (unpaired) electrons. The molecule has 16 heavy (non-hydrogen) atoms. The molecule has 1 aromatic carbocycles. The summed E-state index contributed by atoms with van der Waals surface area (Å²) in [6.07, 6.45) is 2.32. The Balaban J connectivity index is 2.12. The monoisotopic (exact) mass is 322 g/mol. The Bertz CT molecular complexity index is 364. The molecule has 2 atom stereocenters. The van der Waals surface area contributed by atoms with Gasteiger partial charge in [-0.2, -0.15) is 0 Å². The molecule has 1 aliphatic heterocycles. The van der Waals surface area contributed by atoms with Crippen molar-refractivity contribution in [1.82, 2.24) is 0 Å². The van der Waals surface area contributed by atoms with Gasteiger partial charge in [-0.15, -0.1) is 0 Å². The second-order valence-electron chi connectivity index (χ2n) is 4.05. The van der Waals surface area contributed by atoms with Gasteiger partial charge < -0.3 is 4.74 Å². The van der Waals surface area contributed by atoms with E-state index in [4.69, 9.17) is 27.9 Å². The summed E-state index contributed by atoms with van der Waals surface area (Å²) in [5.74, 6) is 0.519. The van der Waals surface area contributed by atoms with Crippen molar-refractivity contribution in [3.63, 3.8) is 0 Å². The molecule has 4 heteroatoms. The quantitative estimate of drug-likeness (QED) is 0.706. The highest BCUT2D eigenvalue weighted by atomic mass is 79.9. The van der Waals surface area contributed by atoms with E-state index in [9.17, 15) is 0 Å². The Labute approximate surface area is 114 Å². The van der Waals surface area contributed by atoms with Gasteiger partial charge >= 0.3 is 0 Å². The molecule has 1 aromatic rings. The lowest BCUT2D eigenvalue weighted by atomic mass is 9.94. The van der Waals surface area contributed by atoms with Crippen LogP contribution in [-0.4, -0.2) is 13.2 Å². The van der Waals surface area contributed by atoms with Crippen molar-refractivity contribution in [2.75, 3.05) is 13.2 Å². The predicted molar refractivity (Wildman–Crippen MR) is 71.7 cm³/mol. The average molecular weight is 324 g/mol. The van der Waals surface area contributed by atoms with Gasteiger partial charge in [0, 0.05) is 11.4 Å². The van der Waals surface area contributed by atoms with Crippen LogP contribution >= 0.6 is 39.1 Å². The van der Waals surface area contributed by atoms with E-state index in [0.717, 1.165) is 19.6 Å². The lowest BCUT2D eigenvalue weighted by Crippen LogP contribution is -2.20. The second-order valence-corrected chi connectivity index (χ2v) is 5.85. The average Bonchev–Trinajstić information content (AvgIpc) is 2.33. The largest absolute Gasteiger partial charge is 0.381 e. The van der Waals surface area contributed by atoms with Gasteiger partial charge in [0.2, 0.25) is 0 Å². The van der Waals surface area contributed by atoms with E-state index in [1.54, 1.807) is 0 Å². The number of halogens is 3. The summed E-state index contributed by atoms with van der Waals surface area (Å²) in [6, 6.07) is 5.79. The molecule has 1 aliphatic rings. The lowest BCUT2D eigenvalue weighted by Gasteiger charge is -2.26. The predicted octanol–water partition coefficient (Wildman–Crippen LogP) is 4.86. The van der Waals surface area contributed by atoms with Crippen LogP contribution in [0.5, 0.6) is 0 Å². The van der Waals surface area contributed by atoms with Crippen molar-refractivity contribution in [1.29, 1.82) is 0 Å². The smallest absolute Gasteiger partial charge is 0.0595 e. The van der Waals surface area contributed by atoms with Crippen LogP contribution in [0.3, 0.4) is 0 Å². The molecule has 0 bridgehead atoms. The molecule has 88 valence electrons. The van der Waals surface area contributed by atoms with Crippen LogP contribution in [0.15, 0.2) is 18.2 Å². The maximum atomic E-state index is 6.01. The zero-order chi connectivity index (χ0) is 11.5. The Hall–Kier alpha value is 0.240. The number of alkyl halides is 1. The number of benzene rings is 1. The molecular formula is C12H13BrCl2O. The highest BCUT2D eigenvalue weighted by Gasteiger charge is 2.23. The van der Waals surface area contributed by atoms with E-state index >= 15 is 0 Å². The van der Waals surface area contributed by atoms with E-state index in [1.165, 1.54) is 12.0 Å². The van der Waals surface area contributed by atoms with Crippen LogP contribution in [-0.2, 0) is 4.74 Å². The summed E-state index contributed by atoms with van der Waals surface area (Å²) in [6.45, 7) is 1.70. The molecule has 0 saturated carbocycles. The Morgan fingerprint density at radius 1 is 1.31 bits per heavy atom. The van der Waals surface area contributed by atoms with E-state index in [1.807, 2.05) is 18.2 Å². The summed E-state index contributed by atoms with van der Waals surface area (Å²) in [4.78, 5) is 0.294. The van der Waals surface area contributed by atoms with Crippen molar-refractivity contribution in [2.24, 2.45) is 5.92 Å². The lowest BCUT2D eigenvalue weighted by molar-refractivity contribution is 0.0546. The fraction of sp³-hybridized carbons (Fsp3) is 0.500. The highest BCUT2D eigenvalue weighted by molar-refractivity contribution is 9.09. The third kappa shape index (κ3) is 2.92. The Kier molecular flexibility index (Phi) is 4.54. The minimum Gasteiger partial charge on any atom is -0.381 e. The van der Waals surface area contributed by atoms with Gasteiger partial charge in [-0.1, -0.05) is 45.2 Å². The van der Waals surface area contributed by atoms with Gasteiger partial charge in [0.1, 0.15) is 0 Å².